The highest BCUT2D eigenvalue weighted by molar-refractivity contribution is 5.99. The Labute approximate surface area is 394 Å². The van der Waals surface area contributed by atoms with Crippen LogP contribution in [-0.2, 0) is 35.2 Å². The molecular weight excluding hydrogens is 857 g/mol. The third-order valence-electron chi connectivity index (χ3n) is 13.1. The molecule has 2 fully saturated rings. The van der Waals surface area contributed by atoms with Crippen molar-refractivity contribution in [3.63, 3.8) is 0 Å². The third-order valence-corrected chi connectivity index (χ3v) is 13.1. The van der Waals surface area contributed by atoms with Gasteiger partial charge in [-0.1, -0.05) is 79.7 Å². The molecule has 9 atom stereocenters. The van der Waals surface area contributed by atoms with Crippen molar-refractivity contribution in [2.24, 2.45) is 22.3 Å². The summed E-state index contributed by atoms with van der Waals surface area (Å²) in [5.74, 6) is -3.65. The zero-order valence-corrected chi connectivity index (χ0v) is 40.5. The average molecular weight is 929 g/mol. The van der Waals surface area contributed by atoms with Crippen molar-refractivity contribution in [2.45, 2.75) is 155 Å². The minimum atomic E-state index is -1.02. The smallest absolute Gasteiger partial charge is 0.251 e. The number of carbonyl (C=O) groups is 8. The highest BCUT2D eigenvalue weighted by atomic mass is 16.2. The van der Waals surface area contributed by atoms with Gasteiger partial charge in [-0.25, -0.2) is 0 Å². The van der Waals surface area contributed by atoms with Crippen molar-refractivity contribution >= 4 is 47.3 Å². The Morgan fingerprint density at radius 3 is 1.49 bits per heavy atom. The number of fused-ring (bicyclic) bond motifs is 1. The second-order valence-corrected chi connectivity index (χ2v) is 20.3. The fourth-order valence-corrected chi connectivity index (χ4v) is 9.01. The van der Waals surface area contributed by atoms with Gasteiger partial charge in [0.25, 0.3) is 11.8 Å². The van der Waals surface area contributed by atoms with Crippen LogP contribution in [-0.4, -0.2) is 126 Å². The van der Waals surface area contributed by atoms with Gasteiger partial charge in [-0.05, 0) is 91.2 Å². The fraction of sp³-hybridized carbons (Fsp3) is 0.592. The number of benzene rings is 2. The van der Waals surface area contributed by atoms with Crippen LogP contribution in [0, 0.1) is 10.8 Å². The second kappa shape index (κ2) is 21.8. The average Bonchev–Trinajstić information content (AvgIpc) is 3.92. The first kappa shape index (κ1) is 52.1. The van der Waals surface area contributed by atoms with Crippen molar-refractivity contribution in [1.29, 1.82) is 0 Å². The lowest BCUT2D eigenvalue weighted by molar-refractivity contribution is -0.144. The van der Waals surface area contributed by atoms with Crippen LogP contribution < -0.4 is 43.4 Å². The maximum atomic E-state index is 14.5. The molecule has 0 radical (unpaired) electrons. The zero-order valence-electron chi connectivity index (χ0n) is 40.5. The molecule has 1 aliphatic carbocycles. The summed E-state index contributed by atoms with van der Waals surface area (Å²) in [7, 11) is 1.46. The highest BCUT2D eigenvalue weighted by Gasteiger charge is 2.47. The third kappa shape index (κ3) is 12.6. The quantitative estimate of drug-likeness (QED) is 0.128. The van der Waals surface area contributed by atoms with Gasteiger partial charge in [0, 0.05) is 43.3 Å². The Morgan fingerprint density at radius 2 is 1.07 bits per heavy atom. The predicted molar refractivity (Wildman–Crippen MR) is 253 cm³/mol. The normalized spacial score (nSPS) is 22.3. The molecule has 2 saturated heterocycles. The number of hydrogen-bond acceptors (Lipinski definition) is 10. The van der Waals surface area contributed by atoms with Gasteiger partial charge in [0.15, 0.2) is 0 Å². The Kier molecular flexibility index (Phi) is 17.0. The Morgan fingerprint density at radius 1 is 0.642 bits per heavy atom. The van der Waals surface area contributed by atoms with E-state index in [0.717, 1.165) is 30.4 Å². The van der Waals surface area contributed by atoms with Crippen LogP contribution in [0.25, 0.3) is 0 Å². The minimum Gasteiger partial charge on any atom is -0.357 e. The van der Waals surface area contributed by atoms with Crippen molar-refractivity contribution in [2.75, 3.05) is 20.1 Å². The summed E-state index contributed by atoms with van der Waals surface area (Å²) in [5, 5.41) is 17.3. The number of amides is 8. The molecule has 8 amide bonds. The molecule has 3 aliphatic rings. The van der Waals surface area contributed by atoms with Gasteiger partial charge in [-0.2, -0.15) is 0 Å². The highest BCUT2D eigenvalue weighted by Crippen LogP contribution is 2.32. The fourth-order valence-electron chi connectivity index (χ4n) is 9.01. The maximum Gasteiger partial charge on any atom is 0.251 e. The molecule has 4 unspecified atom stereocenters. The number of nitrogens with zero attached hydrogens (tertiary/aromatic N) is 2. The molecule has 0 aromatic heterocycles. The number of rotatable bonds is 15. The Balaban J connectivity index is 1.29. The van der Waals surface area contributed by atoms with Crippen LogP contribution in [0.15, 0.2) is 48.5 Å². The van der Waals surface area contributed by atoms with Crippen molar-refractivity contribution in [1.82, 2.24) is 41.7 Å². The lowest BCUT2D eigenvalue weighted by atomic mass is 9.85. The number of hydrogen-bond donors (Lipinski definition) is 8. The predicted octanol–water partition coefficient (Wildman–Crippen LogP) is 1.56. The zero-order chi connectivity index (χ0) is 49.5. The van der Waals surface area contributed by atoms with Crippen molar-refractivity contribution in [3.05, 3.63) is 70.8 Å². The first-order valence-electron chi connectivity index (χ1n) is 23.5. The van der Waals surface area contributed by atoms with Crippen LogP contribution in [0.1, 0.15) is 132 Å². The van der Waals surface area contributed by atoms with Crippen molar-refractivity contribution in [3.8, 4) is 0 Å². The van der Waals surface area contributed by atoms with Crippen LogP contribution in [0.3, 0.4) is 0 Å². The summed E-state index contributed by atoms with van der Waals surface area (Å²) in [6.07, 6.45) is 3.50. The molecule has 2 heterocycles. The van der Waals surface area contributed by atoms with Gasteiger partial charge in [0.2, 0.25) is 35.4 Å². The van der Waals surface area contributed by atoms with Gasteiger partial charge in [-0.3, -0.25) is 38.4 Å². The molecule has 2 aliphatic heterocycles. The van der Waals surface area contributed by atoms with E-state index in [-0.39, 0.29) is 49.0 Å². The molecule has 5 rings (SSSR count). The molecule has 366 valence electrons. The number of nitrogens with two attached hydrogens (primary N) is 2. The number of carbonyl (C=O) groups excluding carboxylic acids is 8. The second-order valence-electron chi connectivity index (χ2n) is 20.3. The van der Waals surface area contributed by atoms with E-state index in [0.29, 0.717) is 12.8 Å². The van der Waals surface area contributed by atoms with Crippen LogP contribution >= 0.6 is 0 Å². The van der Waals surface area contributed by atoms with E-state index < -0.39 is 101 Å². The number of likely N-dealkylation sites (N-methyl/N-ethyl adjacent to an activating group) is 1. The molecule has 2 aromatic rings. The summed E-state index contributed by atoms with van der Waals surface area (Å²) in [5.41, 5.74) is 13.2. The number of aryl methyl sites for hydroxylation is 1. The summed E-state index contributed by atoms with van der Waals surface area (Å²) in [4.78, 5) is 112. The monoisotopic (exact) mass is 929 g/mol. The topological polar surface area (TPSA) is 267 Å². The largest absolute Gasteiger partial charge is 0.357 e. The lowest BCUT2D eigenvalue weighted by Crippen LogP contribution is -2.59. The Bertz CT molecular complexity index is 2170. The van der Waals surface area contributed by atoms with Gasteiger partial charge in [0.05, 0.1) is 18.1 Å². The van der Waals surface area contributed by atoms with E-state index in [2.05, 4.69) is 38.0 Å². The summed E-state index contributed by atoms with van der Waals surface area (Å²) in [6, 6.07) is 6.90. The van der Waals surface area contributed by atoms with E-state index in [1.165, 1.54) is 41.1 Å². The summed E-state index contributed by atoms with van der Waals surface area (Å²) >= 11 is 0. The lowest BCUT2D eigenvalue weighted by Gasteiger charge is -2.36. The first-order valence-corrected chi connectivity index (χ1v) is 23.5. The van der Waals surface area contributed by atoms with Gasteiger partial charge >= 0.3 is 0 Å². The van der Waals surface area contributed by atoms with E-state index in [4.69, 9.17) is 11.5 Å². The number of nitrogens with one attached hydrogen (secondary N) is 6. The van der Waals surface area contributed by atoms with E-state index in [1.807, 2.05) is 39.0 Å². The molecule has 10 N–H and O–H groups in total. The molecule has 18 heteroatoms. The van der Waals surface area contributed by atoms with E-state index in [9.17, 15) is 38.4 Å². The molecule has 0 spiro atoms. The van der Waals surface area contributed by atoms with Crippen LogP contribution in [0.4, 0.5) is 0 Å². The van der Waals surface area contributed by atoms with Gasteiger partial charge in [0.1, 0.15) is 24.2 Å². The van der Waals surface area contributed by atoms with Gasteiger partial charge in [-0.15, -0.1) is 0 Å². The first-order chi connectivity index (χ1) is 31.5. The molecule has 0 bridgehead atoms. The molecule has 2 aromatic carbocycles. The SMILES string of the molecule is CC[C@H](N)C(=O)NC(C(=O)N1CC(NC(=O)c2ccc(C(=O)NC3C[C@@H](C(=O)NC)N(C(=O)[C@@H](NC(=O)[C@@H](N)CC)C(C)(C)C)C3)cc2)C[C@H]1C(=O)NC1CCCc2ccccc21)C(C)(C)C. The molecule has 0 saturated carbocycles. The maximum absolute atomic E-state index is 14.5. The summed E-state index contributed by atoms with van der Waals surface area (Å²) in [6.45, 7) is 14.4. The van der Waals surface area contributed by atoms with E-state index >= 15 is 0 Å². The van der Waals surface area contributed by atoms with E-state index in [1.54, 1.807) is 34.6 Å². The van der Waals surface area contributed by atoms with Crippen molar-refractivity contribution < 1.29 is 38.4 Å². The Hall–Kier alpha value is -5.88. The van der Waals surface area contributed by atoms with Crippen LogP contribution in [0.5, 0.6) is 0 Å². The molecule has 67 heavy (non-hydrogen) atoms. The van der Waals surface area contributed by atoms with Gasteiger partial charge < -0.3 is 53.2 Å². The molecular formula is C49H72N10O8. The molecule has 18 nitrogen and oxygen atoms in total. The number of likely N-dealkylation sites (tertiary alicyclic amines) is 2. The standard InChI is InChI=1S/C49H72N10O8/c1-10-33(50)42(62)56-38(48(3,4)5)46(66)58-25-30(23-36(58)44(64)52-9)53-40(60)28-19-21-29(22-20-28)41(61)54-31-24-37(45(65)55-35-18-14-16-27-15-12-13-17-32(27)35)59(26-31)47(67)39(49(6,7)8)57-43(63)34(51)11-2/h12-13,15,17,19-22,30-31,33-39H,10-11,14,16,18,23-26,50-51H2,1-9H3,(H,52,64)(H,53,60)(H,54,61)(H,55,65)(H,56,62)(H,57,63)/t30?,31?,33-,34-,35?,36-,37-,38+,39?/m0/s1. The summed E-state index contributed by atoms with van der Waals surface area (Å²) < 4.78 is 0. The minimum absolute atomic E-state index is 0.000209. The van der Waals surface area contributed by atoms with Crippen LogP contribution in [0.2, 0.25) is 0 Å².